The summed E-state index contributed by atoms with van der Waals surface area (Å²) in [6.45, 7) is 0. The molecule has 88 valence electrons. The van der Waals surface area contributed by atoms with Crippen LogP contribution in [0, 0.1) is 0 Å². The molecule has 0 bridgehead atoms. The van der Waals surface area contributed by atoms with Crippen molar-refractivity contribution in [1.82, 2.24) is 0 Å². The average Bonchev–Trinajstić information content (AvgIpc) is 2.28. The van der Waals surface area contributed by atoms with E-state index in [2.05, 4.69) is 4.74 Å². The summed E-state index contributed by atoms with van der Waals surface area (Å²) in [7, 11) is 5.32. The van der Waals surface area contributed by atoms with Gasteiger partial charge in [0, 0.05) is 25.8 Å². The topological polar surface area (TPSA) is 55.6 Å². The predicted octanol–water partition coefficient (Wildman–Crippen LogP) is 1.32. The standard InChI is InChI=1S/C12H18N2O2/c1-14(2)10-6-4-9(5-7-10)11(13)8-12(15)16-3/h4-7,11H,8,13H2,1-3H3. The van der Waals surface area contributed by atoms with E-state index in [1.165, 1.54) is 7.11 Å². The number of anilines is 1. The van der Waals surface area contributed by atoms with E-state index in [-0.39, 0.29) is 18.4 Å². The van der Waals surface area contributed by atoms with Gasteiger partial charge >= 0.3 is 5.97 Å². The Kier molecular flexibility index (Phi) is 4.31. The van der Waals surface area contributed by atoms with Crippen LogP contribution in [0.3, 0.4) is 0 Å². The van der Waals surface area contributed by atoms with Crippen molar-refractivity contribution < 1.29 is 9.53 Å². The van der Waals surface area contributed by atoms with Crippen molar-refractivity contribution in [2.24, 2.45) is 5.73 Å². The first-order valence-corrected chi connectivity index (χ1v) is 5.14. The molecule has 0 saturated carbocycles. The molecule has 0 fully saturated rings. The van der Waals surface area contributed by atoms with E-state index in [0.29, 0.717) is 0 Å². The third kappa shape index (κ3) is 3.24. The van der Waals surface area contributed by atoms with Crippen LogP contribution in [0.15, 0.2) is 24.3 Å². The molecule has 1 aromatic rings. The highest BCUT2D eigenvalue weighted by molar-refractivity contribution is 5.70. The van der Waals surface area contributed by atoms with Gasteiger partial charge in [-0.25, -0.2) is 0 Å². The smallest absolute Gasteiger partial charge is 0.307 e. The first-order chi connectivity index (χ1) is 7.54. The Hall–Kier alpha value is -1.55. The lowest BCUT2D eigenvalue weighted by Gasteiger charge is -2.15. The fraction of sp³-hybridized carbons (Fsp3) is 0.417. The quantitative estimate of drug-likeness (QED) is 0.780. The SMILES string of the molecule is COC(=O)CC(N)c1ccc(N(C)C)cc1. The minimum atomic E-state index is -0.302. The number of methoxy groups -OCH3 is 1. The van der Waals surface area contributed by atoms with Crippen molar-refractivity contribution in [1.29, 1.82) is 0 Å². The Balaban J connectivity index is 2.70. The maximum Gasteiger partial charge on any atom is 0.307 e. The number of esters is 1. The molecule has 0 spiro atoms. The Morgan fingerprint density at radius 3 is 2.38 bits per heavy atom. The van der Waals surface area contributed by atoms with Gasteiger partial charge in [0.1, 0.15) is 0 Å². The van der Waals surface area contributed by atoms with E-state index >= 15 is 0 Å². The Bertz CT molecular complexity index is 347. The molecule has 16 heavy (non-hydrogen) atoms. The van der Waals surface area contributed by atoms with Gasteiger partial charge in [-0.1, -0.05) is 12.1 Å². The Morgan fingerprint density at radius 2 is 1.94 bits per heavy atom. The number of benzene rings is 1. The van der Waals surface area contributed by atoms with E-state index in [1.54, 1.807) is 0 Å². The van der Waals surface area contributed by atoms with Gasteiger partial charge in [-0.15, -0.1) is 0 Å². The van der Waals surface area contributed by atoms with Crippen molar-refractivity contribution in [2.45, 2.75) is 12.5 Å². The molecular formula is C12H18N2O2. The fourth-order valence-electron chi connectivity index (χ4n) is 1.40. The molecule has 0 radical (unpaired) electrons. The van der Waals surface area contributed by atoms with Gasteiger partial charge in [-0.2, -0.15) is 0 Å². The maximum atomic E-state index is 11.1. The Morgan fingerprint density at radius 1 is 1.38 bits per heavy atom. The number of nitrogens with two attached hydrogens (primary N) is 1. The van der Waals surface area contributed by atoms with Crippen molar-refractivity contribution in [3.63, 3.8) is 0 Å². The number of carbonyl (C=O) groups excluding carboxylic acids is 1. The van der Waals surface area contributed by atoms with Gasteiger partial charge in [0.25, 0.3) is 0 Å². The third-order valence-corrected chi connectivity index (χ3v) is 2.45. The summed E-state index contributed by atoms with van der Waals surface area (Å²) in [5, 5.41) is 0. The van der Waals surface area contributed by atoms with Crippen LogP contribution in [-0.4, -0.2) is 27.2 Å². The van der Waals surface area contributed by atoms with Crippen LogP contribution < -0.4 is 10.6 Å². The highest BCUT2D eigenvalue weighted by Gasteiger charge is 2.11. The molecule has 0 aliphatic heterocycles. The summed E-state index contributed by atoms with van der Waals surface area (Å²) in [6.07, 6.45) is 0.206. The zero-order chi connectivity index (χ0) is 12.1. The Labute approximate surface area is 96.0 Å². The highest BCUT2D eigenvalue weighted by Crippen LogP contribution is 2.18. The van der Waals surface area contributed by atoms with E-state index in [9.17, 15) is 4.79 Å². The van der Waals surface area contributed by atoms with E-state index < -0.39 is 0 Å². The largest absolute Gasteiger partial charge is 0.469 e. The molecule has 1 rings (SSSR count). The van der Waals surface area contributed by atoms with Gasteiger partial charge in [-0.05, 0) is 17.7 Å². The van der Waals surface area contributed by atoms with Gasteiger partial charge in [0.2, 0.25) is 0 Å². The average molecular weight is 222 g/mol. The summed E-state index contributed by atoms with van der Waals surface area (Å²) in [6, 6.07) is 7.52. The second-order valence-electron chi connectivity index (χ2n) is 3.87. The lowest BCUT2D eigenvalue weighted by atomic mass is 10.0. The number of hydrogen-bond donors (Lipinski definition) is 1. The minimum Gasteiger partial charge on any atom is -0.469 e. The monoisotopic (exact) mass is 222 g/mol. The van der Waals surface area contributed by atoms with Gasteiger partial charge in [0.05, 0.1) is 13.5 Å². The third-order valence-electron chi connectivity index (χ3n) is 2.45. The predicted molar refractivity (Wildman–Crippen MR) is 64.3 cm³/mol. The normalized spacial score (nSPS) is 12.0. The van der Waals surface area contributed by atoms with E-state index in [1.807, 2.05) is 43.3 Å². The summed E-state index contributed by atoms with van der Waals surface area (Å²) < 4.78 is 4.58. The van der Waals surface area contributed by atoms with Crippen molar-refractivity contribution in [3.05, 3.63) is 29.8 Å². The van der Waals surface area contributed by atoms with Crippen molar-refractivity contribution in [2.75, 3.05) is 26.1 Å². The van der Waals surface area contributed by atoms with Gasteiger partial charge in [-0.3, -0.25) is 4.79 Å². The number of carbonyl (C=O) groups is 1. The molecule has 0 amide bonds. The molecule has 1 atom stereocenters. The fourth-order valence-corrected chi connectivity index (χ4v) is 1.40. The number of hydrogen-bond acceptors (Lipinski definition) is 4. The summed E-state index contributed by atoms with van der Waals surface area (Å²) in [5.74, 6) is -0.288. The van der Waals surface area contributed by atoms with Crippen LogP contribution in [0.25, 0.3) is 0 Å². The molecular weight excluding hydrogens is 204 g/mol. The molecule has 4 heteroatoms. The first-order valence-electron chi connectivity index (χ1n) is 5.14. The minimum absolute atomic E-state index is 0.206. The number of nitrogens with zero attached hydrogens (tertiary/aromatic N) is 1. The molecule has 0 aromatic heterocycles. The lowest BCUT2D eigenvalue weighted by molar-refractivity contribution is -0.141. The maximum absolute atomic E-state index is 11.1. The van der Waals surface area contributed by atoms with Crippen LogP contribution in [0.1, 0.15) is 18.0 Å². The summed E-state index contributed by atoms with van der Waals surface area (Å²) >= 11 is 0. The molecule has 1 aromatic carbocycles. The van der Waals surface area contributed by atoms with Crippen LogP contribution in [0.2, 0.25) is 0 Å². The van der Waals surface area contributed by atoms with E-state index in [0.717, 1.165) is 11.3 Å². The zero-order valence-electron chi connectivity index (χ0n) is 9.93. The van der Waals surface area contributed by atoms with Crippen molar-refractivity contribution >= 4 is 11.7 Å². The van der Waals surface area contributed by atoms with Crippen LogP contribution in [0.4, 0.5) is 5.69 Å². The molecule has 0 saturated heterocycles. The molecule has 0 heterocycles. The molecule has 0 aliphatic carbocycles. The highest BCUT2D eigenvalue weighted by atomic mass is 16.5. The molecule has 1 unspecified atom stereocenters. The van der Waals surface area contributed by atoms with Crippen LogP contribution >= 0.6 is 0 Å². The first kappa shape index (κ1) is 12.5. The molecule has 2 N–H and O–H groups in total. The molecule has 4 nitrogen and oxygen atoms in total. The number of ether oxygens (including phenoxy) is 1. The second kappa shape index (κ2) is 5.51. The van der Waals surface area contributed by atoms with Crippen molar-refractivity contribution in [3.8, 4) is 0 Å². The molecule has 0 aliphatic rings. The van der Waals surface area contributed by atoms with E-state index in [4.69, 9.17) is 5.73 Å². The summed E-state index contributed by atoms with van der Waals surface area (Å²) in [5.41, 5.74) is 7.93. The van der Waals surface area contributed by atoms with Crippen LogP contribution in [-0.2, 0) is 9.53 Å². The van der Waals surface area contributed by atoms with Gasteiger partial charge in [0.15, 0.2) is 0 Å². The zero-order valence-corrected chi connectivity index (χ0v) is 9.93. The lowest BCUT2D eigenvalue weighted by Crippen LogP contribution is -2.16. The van der Waals surface area contributed by atoms with Gasteiger partial charge < -0.3 is 15.4 Å². The second-order valence-corrected chi connectivity index (χ2v) is 3.87. The summed E-state index contributed by atoms with van der Waals surface area (Å²) in [4.78, 5) is 13.1. The van der Waals surface area contributed by atoms with Crippen LogP contribution in [0.5, 0.6) is 0 Å². The number of rotatable bonds is 4.